The average molecular weight is 245 g/mol. The van der Waals surface area contributed by atoms with Gasteiger partial charge in [-0.15, -0.1) is 0 Å². The van der Waals surface area contributed by atoms with E-state index in [0.717, 1.165) is 22.4 Å². The van der Waals surface area contributed by atoms with E-state index in [0.29, 0.717) is 6.42 Å². The summed E-state index contributed by atoms with van der Waals surface area (Å²) >= 11 is 0. The molecule has 2 aromatic rings. The maximum absolute atomic E-state index is 13.0. The fourth-order valence-corrected chi connectivity index (χ4v) is 2.06. The first kappa shape index (κ1) is 12.7. The largest absolute Gasteiger partial charge is 0.388 e. The van der Waals surface area contributed by atoms with Gasteiger partial charge in [0, 0.05) is 23.9 Å². The van der Waals surface area contributed by atoms with Gasteiger partial charge in [-0.2, -0.15) is 0 Å². The highest BCUT2D eigenvalue weighted by Gasteiger charge is 2.13. The van der Waals surface area contributed by atoms with Gasteiger partial charge in [-0.05, 0) is 43.2 Å². The molecule has 2 rings (SSSR count). The van der Waals surface area contributed by atoms with Crippen molar-refractivity contribution in [3.8, 4) is 0 Å². The van der Waals surface area contributed by atoms with Crippen molar-refractivity contribution in [2.24, 2.45) is 0 Å². The predicted molar refractivity (Wildman–Crippen MR) is 68.8 cm³/mol. The van der Waals surface area contributed by atoms with Crippen molar-refractivity contribution in [2.75, 3.05) is 0 Å². The molecule has 0 aliphatic rings. The Bertz CT molecular complexity index is 554. The molecule has 94 valence electrons. The van der Waals surface area contributed by atoms with Gasteiger partial charge in [0.15, 0.2) is 0 Å². The molecular formula is C15H16FNO. The number of pyridine rings is 1. The first-order valence-corrected chi connectivity index (χ1v) is 5.92. The summed E-state index contributed by atoms with van der Waals surface area (Å²) in [5.74, 6) is -0.247. The molecule has 0 amide bonds. The zero-order chi connectivity index (χ0) is 13.1. The highest BCUT2D eigenvalue weighted by atomic mass is 19.1. The molecule has 0 radical (unpaired) electrons. The average Bonchev–Trinajstić information content (AvgIpc) is 2.33. The Morgan fingerprint density at radius 2 is 2.06 bits per heavy atom. The molecule has 1 heterocycles. The molecule has 1 aromatic carbocycles. The first-order chi connectivity index (χ1) is 8.58. The molecule has 0 aliphatic heterocycles. The van der Waals surface area contributed by atoms with Gasteiger partial charge in [-0.25, -0.2) is 4.39 Å². The van der Waals surface area contributed by atoms with Crippen LogP contribution in [0.4, 0.5) is 4.39 Å². The lowest BCUT2D eigenvalue weighted by Gasteiger charge is -2.14. The summed E-state index contributed by atoms with van der Waals surface area (Å²) in [7, 11) is 0. The summed E-state index contributed by atoms with van der Waals surface area (Å²) in [4.78, 5) is 4.16. The lowest BCUT2D eigenvalue weighted by atomic mass is 9.97. The fraction of sp³-hybridized carbons (Fsp3) is 0.267. The summed E-state index contributed by atoms with van der Waals surface area (Å²) < 4.78 is 13.0. The molecule has 0 saturated carbocycles. The van der Waals surface area contributed by atoms with Crippen molar-refractivity contribution < 1.29 is 9.50 Å². The molecule has 18 heavy (non-hydrogen) atoms. The molecule has 0 saturated heterocycles. The zero-order valence-corrected chi connectivity index (χ0v) is 10.5. The van der Waals surface area contributed by atoms with Gasteiger partial charge < -0.3 is 5.11 Å². The number of benzene rings is 1. The second-order valence-electron chi connectivity index (χ2n) is 4.47. The van der Waals surface area contributed by atoms with Crippen LogP contribution in [0.1, 0.15) is 28.5 Å². The maximum atomic E-state index is 13.0. The minimum atomic E-state index is -0.608. The van der Waals surface area contributed by atoms with E-state index >= 15 is 0 Å². The monoisotopic (exact) mass is 245 g/mol. The van der Waals surface area contributed by atoms with Gasteiger partial charge in [0.05, 0.1) is 6.10 Å². The second kappa shape index (κ2) is 5.27. The highest BCUT2D eigenvalue weighted by Crippen LogP contribution is 2.22. The van der Waals surface area contributed by atoms with Crippen molar-refractivity contribution in [3.63, 3.8) is 0 Å². The summed E-state index contributed by atoms with van der Waals surface area (Å²) in [5.41, 5.74) is 3.45. The van der Waals surface area contributed by atoms with Crippen LogP contribution in [0.25, 0.3) is 0 Å². The van der Waals surface area contributed by atoms with E-state index in [1.165, 1.54) is 12.1 Å². The summed E-state index contributed by atoms with van der Waals surface area (Å²) in [5, 5.41) is 10.2. The molecule has 1 unspecified atom stereocenters. The molecule has 0 spiro atoms. The highest BCUT2D eigenvalue weighted by molar-refractivity contribution is 5.30. The van der Waals surface area contributed by atoms with E-state index in [2.05, 4.69) is 4.98 Å². The van der Waals surface area contributed by atoms with Crippen LogP contribution >= 0.6 is 0 Å². The number of hydrogen-bond acceptors (Lipinski definition) is 2. The Balaban J connectivity index is 2.21. The van der Waals surface area contributed by atoms with Crippen LogP contribution in [0.15, 0.2) is 36.5 Å². The van der Waals surface area contributed by atoms with Crippen LogP contribution < -0.4 is 0 Å². The molecule has 0 bridgehead atoms. The van der Waals surface area contributed by atoms with E-state index in [1.54, 1.807) is 12.3 Å². The topological polar surface area (TPSA) is 33.1 Å². The Hall–Kier alpha value is -1.74. The summed E-state index contributed by atoms with van der Waals surface area (Å²) in [6.07, 6.45) is 1.57. The van der Waals surface area contributed by atoms with Crippen LogP contribution in [0, 0.1) is 19.7 Å². The first-order valence-electron chi connectivity index (χ1n) is 5.92. The maximum Gasteiger partial charge on any atom is 0.123 e. The number of aliphatic hydroxyl groups excluding tert-OH is 1. The van der Waals surface area contributed by atoms with Gasteiger partial charge >= 0.3 is 0 Å². The molecule has 1 atom stereocenters. The van der Waals surface area contributed by atoms with Gasteiger partial charge in [0.2, 0.25) is 0 Å². The van der Waals surface area contributed by atoms with Gasteiger partial charge in [0.1, 0.15) is 5.82 Å². The third kappa shape index (κ3) is 2.74. The van der Waals surface area contributed by atoms with E-state index in [1.807, 2.05) is 26.0 Å². The number of aryl methyl sites for hydroxylation is 2. The SMILES string of the molecule is Cc1cc(F)ccc1CC(O)c1cccnc1C. The Labute approximate surface area is 106 Å². The second-order valence-corrected chi connectivity index (χ2v) is 4.47. The molecule has 1 aromatic heterocycles. The molecular weight excluding hydrogens is 229 g/mol. The molecule has 0 aliphatic carbocycles. The number of nitrogens with zero attached hydrogens (tertiary/aromatic N) is 1. The number of halogens is 1. The lowest BCUT2D eigenvalue weighted by molar-refractivity contribution is 0.177. The van der Waals surface area contributed by atoms with E-state index < -0.39 is 6.10 Å². The third-order valence-corrected chi connectivity index (χ3v) is 3.12. The molecule has 0 fully saturated rings. The molecule has 3 heteroatoms. The smallest absolute Gasteiger partial charge is 0.123 e. The van der Waals surface area contributed by atoms with E-state index in [-0.39, 0.29) is 5.82 Å². The normalized spacial score (nSPS) is 12.4. The van der Waals surface area contributed by atoms with Crippen molar-refractivity contribution in [1.82, 2.24) is 4.98 Å². The standard InChI is InChI=1S/C15H16FNO/c1-10-8-13(16)6-5-12(10)9-15(18)14-4-3-7-17-11(14)2/h3-8,15,18H,9H2,1-2H3. The Morgan fingerprint density at radius 3 is 2.72 bits per heavy atom. The lowest BCUT2D eigenvalue weighted by Crippen LogP contribution is -2.06. The Morgan fingerprint density at radius 1 is 1.28 bits per heavy atom. The number of hydrogen-bond donors (Lipinski definition) is 1. The van der Waals surface area contributed by atoms with Gasteiger partial charge in [0.25, 0.3) is 0 Å². The minimum Gasteiger partial charge on any atom is -0.388 e. The summed E-state index contributed by atoms with van der Waals surface area (Å²) in [6.45, 7) is 3.72. The predicted octanol–water partition coefficient (Wildman–Crippen LogP) is 3.11. The van der Waals surface area contributed by atoms with Crippen LogP contribution in [0.3, 0.4) is 0 Å². The van der Waals surface area contributed by atoms with Crippen LogP contribution in [0.5, 0.6) is 0 Å². The fourth-order valence-electron chi connectivity index (χ4n) is 2.06. The van der Waals surface area contributed by atoms with Gasteiger partial charge in [-0.1, -0.05) is 12.1 Å². The van der Waals surface area contributed by atoms with E-state index in [4.69, 9.17) is 0 Å². The van der Waals surface area contributed by atoms with Crippen molar-refractivity contribution >= 4 is 0 Å². The molecule has 2 nitrogen and oxygen atoms in total. The Kier molecular flexibility index (Phi) is 3.72. The molecule has 1 N–H and O–H groups in total. The number of rotatable bonds is 3. The van der Waals surface area contributed by atoms with Gasteiger partial charge in [-0.3, -0.25) is 4.98 Å². The quantitative estimate of drug-likeness (QED) is 0.901. The van der Waals surface area contributed by atoms with E-state index in [9.17, 15) is 9.50 Å². The number of aliphatic hydroxyl groups is 1. The summed E-state index contributed by atoms with van der Waals surface area (Å²) in [6, 6.07) is 8.30. The van der Waals surface area contributed by atoms with Crippen molar-refractivity contribution in [2.45, 2.75) is 26.4 Å². The minimum absolute atomic E-state index is 0.247. The zero-order valence-electron chi connectivity index (χ0n) is 10.5. The van der Waals surface area contributed by atoms with Crippen molar-refractivity contribution in [1.29, 1.82) is 0 Å². The van der Waals surface area contributed by atoms with Crippen LogP contribution in [0.2, 0.25) is 0 Å². The van der Waals surface area contributed by atoms with Crippen molar-refractivity contribution in [3.05, 3.63) is 64.7 Å². The van der Waals surface area contributed by atoms with Crippen LogP contribution in [-0.4, -0.2) is 10.1 Å². The van der Waals surface area contributed by atoms with Crippen LogP contribution in [-0.2, 0) is 6.42 Å². The number of aromatic nitrogens is 1. The third-order valence-electron chi connectivity index (χ3n) is 3.12.